The first-order valence-electron chi connectivity index (χ1n) is 6.99. The lowest BCUT2D eigenvalue weighted by molar-refractivity contribution is -0.133. The summed E-state index contributed by atoms with van der Waals surface area (Å²) < 4.78 is 6.39. The van der Waals surface area contributed by atoms with E-state index in [-0.39, 0.29) is 29.7 Å². The smallest absolute Gasteiger partial charge is 0.307 e. The zero-order valence-corrected chi connectivity index (χ0v) is 14.0. The van der Waals surface area contributed by atoms with Gasteiger partial charge in [0.05, 0.1) is 6.54 Å². The van der Waals surface area contributed by atoms with Crippen molar-refractivity contribution in [3.05, 3.63) is 32.6 Å². The molecule has 124 valence electrons. The van der Waals surface area contributed by atoms with E-state index in [1.165, 1.54) is 4.90 Å². The van der Waals surface area contributed by atoms with Gasteiger partial charge in [0.2, 0.25) is 11.8 Å². The highest BCUT2D eigenvalue weighted by Crippen LogP contribution is 2.07. The highest BCUT2D eigenvalue weighted by atomic mass is 32.1. The van der Waals surface area contributed by atoms with Crippen molar-refractivity contribution >= 4 is 29.0 Å². The molecular weight excluding hydrogens is 320 g/mol. The fourth-order valence-corrected chi connectivity index (χ4v) is 2.75. The number of amides is 2. The van der Waals surface area contributed by atoms with Crippen LogP contribution in [0, 0.1) is 13.8 Å². The molecule has 23 heavy (non-hydrogen) atoms. The van der Waals surface area contributed by atoms with Gasteiger partial charge in [-0.05, 0) is 13.8 Å². The standard InChI is InChI=1S/C14H18N4O4S/c1-9-8-23-14(21)18(9)5-4-13(20)17(3)7-12(19)15-11-6-10(2)22-16-11/h6,8H,4-5,7H2,1-3H3,(H,15,16,19). The molecule has 0 saturated heterocycles. The molecule has 0 radical (unpaired) electrons. The number of thiazole rings is 1. The van der Waals surface area contributed by atoms with Crippen LogP contribution in [-0.2, 0) is 16.1 Å². The number of nitrogens with zero attached hydrogens (tertiary/aromatic N) is 3. The number of hydrogen-bond donors (Lipinski definition) is 1. The van der Waals surface area contributed by atoms with Crippen molar-refractivity contribution in [2.75, 3.05) is 18.9 Å². The molecule has 0 unspecified atom stereocenters. The first kappa shape index (κ1) is 16.9. The molecule has 9 heteroatoms. The Bertz CT molecular complexity index is 761. The molecule has 0 fully saturated rings. The summed E-state index contributed by atoms with van der Waals surface area (Å²) in [7, 11) is 1.54. The number of hydrogen-bond acceptors (Lipinski definition) is 6. The molecular formula is C14H18N4O4S. The molecule has 0 atom stereocenters. The van der Waals surface area contributed by atoms with Crippen molar-refractivity contribution in [3.63, 3.8) is 0 Å². The minimum atomic E-state index is -0.363. The van der Waals surface area contributed by atoms with E-state index in [0.717, 1.165) is 17.0 Å². The SMILES string of the molecule is Cc1cc(NC(=O)CN(C)C(=O)CCn2c(C)csc2=O)no1. The van der Waals surface area contributed by atoms with E-state index in [2.05, 4.69) is 10.5 Å². The maximum Gasteiger partial charge on any atom is 0.307 e. The quantitative estimate of drug-likeness (QED) is 0.847. The molecule has 0 spiro atoms. The minimum Gasteiger partial charge on any atom is -0.360 e. The Morgan fingerprint density at radius 3 is 2.74 bits per heavy atom. The second-order valence-electron chi connectivity index (χ2n) is 5.17. The zero-order chi connectivity index (χ0) is 17.0. The molecule has 2 rings (SSSR count). The third-order valence-corrected chi connectivity index (χ3v) is 4.11. The van der Waals surface area contributed by atoms with Crippen molar-refractivity contribution in [3.8, 4) is 0 Å². The molecule has 2 aromatic rings. The minimum absolute atomic E-state index is 0.0860. The van der Waals surface area contributed by atoms with Crippen LogP contribution in [-0.4, -0.2) is 40.0 Å². The van der Waals surface area contributed by atoms with E-state index in [1.807, 2.05) is 6.92 Å². The Morgan fingerprint density at radius 2 is 2.17 bits per heavy atom. The van der Waals surface area contributed by atoms with Gasteiger partial charge in [0.25, 0.3) is 0 Å². The van der Waals surface area contributed by atoms with E-state index in [1.54, 1.807) is 30.0 Å². The first-order valence-corrected chi connectivity index (χ1v) is 7.87. The Hall–Kier alpha value is -2.42. The summed E-state index contributed by atoms with van der Waals surface area (Å²) in [6.07, 6.45) is 0.157. The fourth-order valence-electron chi connectivity index (χ4n) is 1.98. The normalized spacial score (nSPS) is 10.6. The van der Waals surface area contributed by atoms with Crippen LogP contribution in [0.4, 0.5) is 5.82 Å². The monoisotopic (exact) mass is 338 g/mol. The van der Waals surface area contributed by atoms with Gasteiger partial charge in [0.1, 0.15) is 5.76 Å². The molecule has 0 saturated carbocycles. The predicted octanol–water partition coefficient (Wildman–Crippen LogP) is 1.00. The van der Waals surface area contributed by atoms with Crippen LogP contribution in [0.3, 0.4) is 0 Å². The van der Waals surface area contributed by atoms with Gasteiger partial charge < -0.3 is 19.3 Å². The number of likely N-dealkylation sites (N-methyl/N-ethyl adjacent to an activating group) is 1. The summed E-state index contributed by atoms with van der Waals surface area (Å²) in [5, 5.41) is 7.95. The first-order chi connectivity index (χ1) is 10.9. The lowest BCUT2D eigenvalue weighted by atomic mass is 10.3. The number of nitrogens with one attached hydrogen (secondary N) is 1. The van der Waals surface area contributed by atoms with Gasteiger partial charge in [-0.2, -0.15) is 0 Å². The van der Waals surface area contributed by atoms with Gasteiger partial charge in [-0.3, -0.25) is 14.4 Å². The summed E-state index contributed by atoms with van der Waals surface area (Å²) in [6, 6.07) is 1.59. The van der Waals surface area contributed by atoms with E-state index < -0.39 is 0 Å². The molecule has 2 amide bonds. The maximum atomic E-state index is 12.1. The molecule has 0 aliphatic carbocycles. The summed E-state index contributed by atoms with van der Waals surface area (Å²) in [6.45, 7) is 3.75. The summed E-state index contributed by atoms with van der Waals surface area (Å²) in [5.74, 6) is 0.321. The van der Waals surface area contributed by atoms with Crippen molar-refractivity contribution in [2.24, 2.45) is 0 Å². The third-order valence-electron chi connectivity index (χ3n) is 3.23. The number of rotatable bonds is 6. The lowest BCUT2D eigenvalue weighted by Crippen LogP contribution is -2.35. The number of carbonyl (C=O) groups is 2. The van der Waals surface area contributed by atoms with Crippen LogP contribution in [0.15, 0.2) is 20.8 Å². The Labute approximate surface area is 136 Å². The molecule has 1 N–H and O–H groups in total. The largest absolute Gasteiger partial charge is 0.360 e. The van der Waals surface area contributed by atoms with Crippen LogP contribution in [0.5, 0.6) is 0 Å². The summed E-state index contributed by atoms with van der Waals surface area (Å²) in [4.78, 5) is 36.7. The number of anilines is 1. The van der Waals surface area contributed by atoms with Crippen LogP contribution >= 0.6 is 11.3 Å². The van der Waals surface area contributed by atoms with Crippen molar-refractivity contribution < 1.29 is 14.1 Å². The van der Waals surface area contributed by atoms with Gasteiger partial charge >= 0.3 is 4.87 Å². The lowest BCUT2D eigenvalue weighted by Gasteiger charge is -2.16. The molecule has 2 aromatic heterocycles. The Balaban J connectivity index is 1.82. The van der Waals surface area contributed by atoms with Crippen molar-refractivity contribution in [1.82, 2.24) is 14.6 Å². The molecule has 2 heterocycles. The molecule has 0 aliphatic rings. The molecule has 8 nitrogen and oxygen atoms in total. The van der Waals surface area contributed by atoms with E-state index in [9.17, 15) is 14.4 Å². The number of aromatic nitrogens is 2. The maximum absolute atomic E-state index is 12.1. The van der Waals surface area contributed by atoms with Gasteiger partial charge in [-0.25, -0.2) is 0 Å². The second-order valence-corrected chi connectivity index (χ2v) is 5.99. The summed E-state index contributed by atoms with van der Waals surface area (Å²) in [5.41, 5.74) is 0.828. The van der Waals surface area contributed by atoms with Gasteiger partial charge in [-0.1, -0.05) is 16.5 Å². The highest BCUT2D eigenvalue weighted by Gasteiger charge is 2.15. The van der Waals surface area contributed by atoms with Crippen LogP contribution < -0.4 is 10.2 Å². The summed E-state index contributed by atoms with van der Waals surface area (Å²) >= 11 is 1.11. The molecule has 0 bridgehead atoms. The highest BCUT2D eigenvalue weighted by molar-refractivity contribution is 7.07. The van der Waals surface area contributed by atoms with Gasteiger partial charge in [0, 0.05) is 37.2 Å². The van der Waals surface area contributed by atoms with Crippen molar-refractivity contribution in [1.29, 1.82) is 0 Å². The van der Waals surface area contributed by atoms with E-state index in [4.69, 9.17) is 4.52 Å². The molecule has 0 aromatic carbocycles. The second kappa shape index (κ2) is 7.23. The Morgan fingerprint density at radius 1 is 1.43 bits per heavy atom. The van der Waals surface area contributed by atoms with Crippen LogP contribution in [0.25, 0.3) is 0 Å². The topological polar surface area (TPSA) is 97.4 Å². The van der Waals surface area contributed by atoms with Crippen LogP contribution in [0.2, 0.25) is 0 Å². The molecule has 0 aliphatic heterocycles. The fraction of sp³-hybridized carbons (Fsp3) is 0.429. The van der Waals surface area contributed by atoms with E-state index in [0.29, 0.717) is 18.1 Å². The average Bonchev–Trinajstić information content (AvgIpc) is 3.02. The number of aryl methyl sites for hydroxylation is 2. The number of carbonyl (C=O) groups excluding carboxylic acids is 2. The Kier molecular flexibility index (Phi) is 5.32. The average molecular weight is 338 g/mol. The third kappa shape index (κ3) is 4.52. The van der Waals surface area contributed by atoms with Crippen molar-refractivity contribution in [2.45, 2.75) is 26.8 Å². The van der Waals surface area contributed by atoms with Crippen LogP contribution in [0.1, 0.15) is 17.9 Å². The van der Waals surface area contributed by atoms with Gasteiger partial charge in [-0.15, -0.1) is 0 Å². The van der Waals surface area contributed by atoms with Gasteiger partial charge in [0.15, 0.2) is 5.82 Å². The zero-order valence-electron chi connectivity index (χ0n) is 13.2. The van der Waals surface area contributed by atoms with E-state index >= 15 is 0 Å². The predicted molar refractivity (Wildman–Crippen MR) is 85.4 cm³/mol.